The molecule has 29 heavy (non-hydrogen) atoms. The first-order valence-electron chi connectivity index (χ1n) is 10.9. The number of para-hydroxylation sites is 1. The fourth-order valence-corrected chi connectivity index (χ4v) is 3.26. The molecule has 1 heterocycles. The lowest BCUT2D eigenvalue weighted by Gasteiger charge is -2.32. The van der Waals surface area contributed by atoms with Gasteiger partial charge in [-0.15, -0.1) is 0 Å². The predicted octanol–water partition coefficient (Wildman–Crippen LogP) is 2.00. The van der Waals surface area contributed by atoms with Gasteiger partial charge in [0.15, 0.2) is 5.96 Å². The van der Waals surface area contributed by atoms with Crippen molar-refractivity contribution in [2.75, 3.05) is 39.3 Å². The highest BCUT2D eigenvalue weighted by atomic mass is 16.5. The number of aliphatic imine (C=N–C) groups is 1. The maximum atomic E-state index is 11.9. The molecule has 1 aliphatic rings. The molecule has 1 aromatic carbocycles. The van der Waals surface area contributed by atoms with Crippen LogP contribution < -0.4 is 20.7 Å². The highest BCUT2D eigenvalue weighted by Gasteiger charge is 2.21. The van der Waals surface area contributed by atoms with E-state index in [0.29, 0.717) is 19.1 Å². The van der Waals surface area contributed by atoms with E-state index in [0.717, 1.165) is 57.2 Å². The van der Waals surface area contributed by atoms with E-state index in [9.17, 15) is 4.79 Å². The average molecular weight is 404 g/mol. The number of nitrogens with zero attached hydrogens (tertiary/aromatic N) is 2. The maximum absolute atomic E-state index is 11.9. The van der Waals surface area contributed by atoms with Crippen molar-refractivity contribution in [3.8, 4) is 5.75 Å². The predicted molar refractivity (Wildman–Crippen MR) is 118 cm³/mol. The molecule has 162 valence electrons. The zero-order valence-electron chi connectivity index (χ0n) is 18.1. The summed E-state index contributed by atoms with van der Waals surface area (Å²) in [6.45, 7) is 10.7. The van der Waals surface area contributed by atoms with Gasteiger partial charge in [0.05, 0.1) is 13.1 Å². The van der Waals surface area contributed by atoms with Gasteiger partial charge in [-0.1, -0.05) is 25.1 Å². The summed E-state index contributed by atoms with van der Waals surface area (Å²) in [5.41, 5.74) is 0. The van der Waals surface area contributed by atoms with E-state index < -0.39 is 0 Å². The third-order valence-electron chi connectivity index (χ3n) is 4.80. The van der Waals surface area contributed by atoms with E-state index >= 15 is 0 Å². The van der Waals surface area contributed by atoms with Crippen LogP contribution in [0.3, 0.4) is 0 Å². The molecule has 1 aliphatic heterocycles. The zero-order chi connectivity index (χ0) is 20.9. The number of nitrogens with one attached hydrogen (secondary N) is 3. The first-order chi connectivity index (χ1) is 14.1. The first-order valence-corrected chi connectivity index (χ1v) is 10.9. The van der Waals surface area contributed by atoms with Crippen LogP contribution in [-0.2, 0) is 4.79 Å². The van der Waals surface area contributed by atoms with Gasteiger partial charge in [0.1, 0.15) is 11.9 Å². The fraction of sp³-hybridized carbons (Fsp3) is 0.636. The number of hydrogen-bond acceptors (Lipinski definition) is 4. The Hall–Kier alpha value is -2.28. The Bertz CT molecular complexity index is 615. The smallest absolute Gasteiger partial charge is 0.234 e. The molecule has 1 fully saturated rings. The highest BCUT2D eigenvalue weighted by Crippen LogP contribution is 2.11. The van der Waals surface area contributed by atoms with Crippen molar-refractivity contribution < 1.29 is 9.53 Å². The second-order valence-electron chi connectivity index (χ2n) is 7.51. The highest BCUT2D eigenvalue weighted by molar-refractivity contribution is 5.80. The number of guanidine groups is 1. The van der Waals surface area contributed by atoms with Gasteiger partial charge in [-0.2, -0.15) is 0 Å². The van der Waals surface area contributed by atoms with E-state index in [-0.39, 0.29) is 12.0 Å². The van der Waals surface area contributed by atoms with E-state index in [2.05, 4.69) is 34.7 Å². The van der Waals surface area contributed by atoms with Gasteiger partial charge in [0.2, 0.25) is 5.91 Å². The van der Waals surface area contributed by atoms with E-state index in [1.54, 1.807) is 0 Å². The number of rotatable bonds is 10. The quantitative estimate of drug-likeness (QED) is 0.411. The minimum atomic E-state index is -0.00339. The lowest BCUT2D eigenvalue weighted by molar-refractivity contribution is -0.122. The lowest BCUT2D eigenvalue weighted by Crippen LogP contribution is -2.50. The molecule has 0 spiro atoms. The molecule has 0 aliphatic carbocycles. The van der Waals surface area contributed by atoms with Gasteiger partial charge in [-0.25, -0.2) is 4.99 Å². The van der Waals surface area contributed by atoms with Crippen LogP contribution in [-0.4, -0.2) is 68.2 Å². The van der Waals surface area contributed by atoms with Crippen LogP contribution in [0.4, 0.5) is 0 Å². The molecule has 7 nitrogen and oxygen atoms in total. The van der Waals surface area contributed by atoms with Gasteiger partial charge in [0.25, 0.3) is 0 Å². The summed E-state index contributed by atoms with van der Waals surface area (Å²) >= 11 is 0. The van der Waals surface area contributed by atoms with E-state index in [4.69, 9.17) is 9.73 Å². The molecule has 0 aromatic heterocycles. The molecular weight excluding hydrogens is 366 g/mol. The summed E-state index contributed by atoms with van der Waals surface area (Å²) in [5.74, 6) is 1.82. The minimum Gasteiger partial charge on any atom is -0.489 e. The normalized spacial score (nSPS) is 16.9. The molecule has 1 unspecified atom stereocenters. The van der Waals surface area contributed by atoms with Crippen molar-refractivity contribution in [2.24, 2.45) is 4.99 Å². The third-order valence-corrected chi connectivity index (χ3v) is 4.80. The molecular formula is C22H37N5O2. The second kappa shape index (κ2) is 13.0. The topological polar surface area (TPSA) is 78.0 Å². The van der Waals surface area contributed by atoms with E-state index in [1.165, 1.54) is 0 Å². The zero-order valence-corrected chi connectivity index (χ0v) is 18.1. The third kappa shape index (κ3) is 9.17. The Labute approximate surface area is 175 Å². The lowest BCUT2D eigenvalue weighted by atomic mass is 10.1. The summed E-state index contributed by atoms with van der Waals surface area (Å²) in [4.78, 5) is 18.8. The van der Waals surface area contributed by atoms with Gasteiger partial charge in [0, 0.05) is 32.2 Å². The standard InChI is InChI=1S/C22H37N5O2/c1-4-13-24-21(28)17-27-14-11-19(12-15-27)26-22(23-5-2)25-16-18(3)29-20-9-7-6-8-10-20/h6-10,18-19H,4-5,11-17H2,1-3H3,(H,24,28)(H2,23,25,26). The molecule has 2 rings (SSSR count). The summed E-state index contributed by atoms with van der Waals surface area (Å²) in [6, 6.07) is 10.2. The van der Waals surface area contributed by atoms with Crippen LogP contribution in [0.1, 0.15) is 40.0 Å². The number of likely N-dealkylation sites (tertiary alicyclic amines) is 1. The summed E-state index contributed by atoms with van der Waals surface area (Å²) in [5, 5.41) is 9.81. The fourth-order valence-electron chi connectivity index (χ4n) is 3.26. The number of hydrogen-bond donors (Lipinski definition) is 3. The monoisotopic (exact) mass is 403 g/mol. The van der Waals surface area contributed by atoms with Crippen molar-refractivity contribution >= 4 is 11.9 Å². The van der Waals surface area contributed by atoms with Crippen LogP contribution in [0.2, 0.25) is 0 Å². The molecule has 7 heteroatoms. The summed E-state index contributed by atoms with van der Waals surface area (Å²) < 4.78 is 5.90. The van der Waals surface area contributed by atoms with Gasteiger partial charge in [-0.3, -0.25) is 9.69 Å². The Morgan fingerprint density at radius 3 is 2.59 bits per heavy atom. The molecule has 0 bridgehead atoms. The van der Waals surface area contributed by atoms with Gasteiger partial charge >= 0.3 is 0 Å². The summed E-state index contributed by atoms with van der Waals surface area (Å²) in [6.07, 6.45) is 2.97. The number of ether oxygens (including phenoxy) is 1. The van der Waals surface area contributed by atoms with E-state index in [1.807, 2.05) is 37.3 Å². The van der Waals surface area contributed by atoms with Crippen molar-refractivity contribution in [3.05, 3.63) is 30.3 Å². The van der Waals surface area contributed by atoms with Crippen molar-refractivity contribution in [2.45, 2.75) is 52.2 Å². The van der Waals surface area contributed by atoms with Crippen LogP contribution in [0, 0.1) is 0 Å². The molecule has 1 saturated heterocycles. The first kappa shape index (κ1) is 23.0. The SMILES string of the molecule is CCCNC(=O)CN1CCC(NC(=NCC(C)Oc2ccccc2)NCC)CC1. The van der Waals surface area contributed by atoms with Crippen LogP contribution in [0.25, 0.3) is 0 Å². The van der Waals surface area contributed by atoms with Crippen LogP contribution in [0.15, 0.2) is 35.3 Å². The molecule has 1 aromatic rings. The Morgan fingerprint density at radius 2 is 1.93 bits per heavy atom. The average Bonchev–Trinajstić information content (AvgIpc) is 2.73. The number of piperidine rings is 1. The Balaban J connectivity index is 1.75. The molecule has 0 radical (unpaired) electrons. The maximum Gasteiger partial charge on any atom is 0.234 e. The largest absolute Gasteiger partial charge is 0.489 e. The van der Waals surface area contributed by atoms with Gasteiger partial charge < -0.3 is 20.7 Å². The van der Waals surface area contributed by atoms with Crippen LogP contribution >= 0.6 is 0 Å². The van der Waals surface area contributed by atoms with Crippen molar-refractivity contribution in [1.29, 1.82) is 0 Å². The van der Waals surface area contributed by atoms with Crippen molar-refractivity contribution in [1.82, 2.24) is 20.9 Å². The van der Waals surface area contributed by atoms with Gasteiger partial charge in [-0.05, 0) is 45.2 Å². The molecule has 1 amide bonds. The number of carbonyl (C=O) groups excluding carboxylic acids is 1. The van der Waals surface area contributed by atoms with Crippen LogP contribution in [0.5, 0.6) is 5.75 Å². The Morgan fingerprint density at radius 1 is 1.21 bits per heavy atom. The molecule has 0 saturated carbocycles. The molecule has 1 atom stereocenters. The molecule has 3 N–H and O–H groups in total. The second-order valence-corrected chi connectivity index (χ2v) is 7.51. The number of carbonyl (C=O) groups is 1. The summed E-state index contributed by atoms with van der Waals surface area (Å²) in [7, 11) is 0. The number of benzene rings is 1. The minimum absolute atomic E-state index is 0.00339. The van der Waals surface area contributed by atoms with Crippen molar-refractivity contribution in [3.63, 3.8) is 0 Å². The Kier molecular flexibility index (Phi) is 10.3. The number of amides is 1.